The molecule has 0 amide bonds. The Hall–Kier alpha value is -0.870. The summed E-state index contributed by atoms with van der Waals surface area (Å²) >= 11 is 0. The fraction of sp³-hybridized carbons (Fsp3) is 0.727. The van der Waals surface area contributed by atoms with Crippen molar-refractivity contribution in [3.8, 4) is 0 Å². The standard InChI is InChI=1S/C11H21N3O/c1-8(5-6-15)13-9(2)11-7-12-14(4)10(11)3/h7-9,13,15H,5-6H2,1-4H3. The molecule has 0 saturated carbocycles. The lowest BCUT2D eigenvalue weighted by atomic mass is 10.1. The molecule has 0 aliphatic carbocycles. The van der Waals surface area contributed by atoms with Crippen LogP contribution >= 0.6 is 0 Å². The van der Waals surface area contributed by atoms with Gasteiger partial charge in [-0.25, -0.2) is 0 Å². The van der Waals surface area contributed by atoms with E-state index >= 15 is 0 Å². The third-order valence-electron chi connectivity index (χ3n) is 2.84. The number of hydrogen-bond acceptors (Lipinski definition) is 3. The first-order valence-electron chi connectivity index (χ1n) is 5.41. The Morgan fingerprint density at radius 1 is 1.53 bits per heavy atom. The normalized spacial score (nSPS) is 15.3. The minimum absolute atomic E-state index is 0.229. The predicted molar refractivity (Wildman–Crippen MR) is 60.7 cm³/mol. The molecule has 1 rings (SSSR count). The molecule has 2 unspecified atom stereocenters. The van der Waals surface area contributed by atoms with Crippen LogP contribution in [0.25, 0.3) is 0 Å². The van der Waals surface area contributed by atoms with E-state index in [0.717, 1.165) is 6.42 Å². The van der Waals surface area contributed by atoms with Gasteiger partial charge in [0.1, 0.15) is 0 Å². The first-order chi connectivity index (χ1) is 7.06. The van der Waals surface area contributed by atoms with Crippen LogP contribution in [-0.4, -0.2) is 27.5 Å². The summed E-state index contributed by atoms with van der Waals surface area (Å²) in [5.74, 6) is 0. The summed E-state index contributed by atoms with van der Waals surface area (Å²) in [4.78, 5) is 0. The predicted octanol–water partition coefficient (Wildman–Crippen LogP) is 1.15. The average molecular weight is 211 g/mol. The second-order valence-corrected chi connectivity index (χ2v) is 4.11. The quantitative estimate of drug-likeness (QED) is 0.768. The van der Waals surface area contributed by atoms with Crippen LogP contribution in [0.5, 0.6) is 0 Å². The Labute approximate surface area is 91.3 Å². The molecular weight excluding hydrogens is 190 g/mol. The summed E-state index contributed by atoms with van der Waals surface area (Å²) in [5, 5.41) is 16.5. The summed E-state index contributed by atoms with van der Waals surface area (Å²) < 4.78 is 1.88. The van der Waals surface area contributed by atoms with Gasteiger partial charge in [-0.2, -0.15) is 5.10 Å². The molecule has 4 nitrogen and oxygen atoms in total. The topological polar surface area (TPSA) is 50.1 Å². The van der Waals surface area contributed by atoms with E-state index in [1.54, 1.807) is 0 Å². The van der Waals surface area contributed by atoms with E-state index in [0.29, 0.717) is 6.04 Å². The molecule has 0 fully saturated rings. The maximum absolute atomic E-state index is 8.82. The maximum Gasteiger partial charge on any atom is 0.0540 e. The van der Waals surface area contributed by atoms with E-state index in [4.69, 9.17) is 5.11 Å². The molecule has 0 aromatic carbocycles. The Balaban J connectivity index is 2.60. The minimum atomic E-state index is 0.229. The summed E-state index contributed by atoms with van der Waals surface area (Å²) in [7, 11) is 1.95. The van der Waals surface area contributed by atoms with Crippen molar-refractivity contribution in [2.45, 2.75) is 39.3 Å². The summed E-state index contributed by atoms with van der Waals surface area (Å²) in [6.45, 7) is 6.50. The van der Waals surface area contributed by atoms with Gasteiger partial charge >= 0.3 is 0 Å². The lowest BCUT2D eigenvalue weighted by Gasteiger charge is -2.19. The summed E-state index contributed by atoms with van der Waals surface area (Å²) in [6.07, 6.45) is 2.68. The third kappa shape index (κ3) is 3.04. The van der Waals surface area contributed by atoms with Gasteiger partial charge in [-0.15, -0.1) is 0 Å². The van der Waals surface area contributed by atoms with Crippen LogP contribution in [0.3, 0.4) is 0 Å². The van der Waals surface area contributed by atoms with Crippen molar-refractivity contribution >= 4 is 0 Å². The van der Waals surface area contributed by atoms with Gasteiger partial charge in [-0.1, -0.05) is 0 Å². The van der Waals surface area contributed by atoms with Crippen LogP contribution < -0.4 is 5.32 Å². The average Bonchev–Trinajstić information content (AvgIpc) is 2.48. The highest BCUT2D eigenvalue weighted by atomic mass is 16.3. The molecule has 0 bridgehead atoms. The molecule has 0 aliphatic heterocycles. The van der Waals surface area contributed by atoms with Crippen LogP contribution in [0.1, 0.15) is 37.6 Å². The second-order valence-electron chi connectivity index (χ2n) is 4.11. The van der Waals surface area contributed by atoms with E-state index in [-0.39, 0.29) is 12.6 Å². The van der Waals surface area contributed by atoms with Crippen LogP contribution in [-0.2, 0) is 7.05 Å². The zero-order valence-corrected chi connectivity index (χ0v) is 9.99. The van der Waals surface area contributed by atoms with Crippen molar-refractivity contribution in [1.82, 2.24) is 15.1 Å². The molecule has 86 valence electrons. The van der Waals surface area contributed by atoms with Gasteiger partial charge in [0.25, 0.3) is 0 Å². The van der Waals surface area contributed by atoms with E-state index in [2.05, 4.69) is 31.2 Å². The molecule has 0 radical (unpaired) electrons. The van der Waals surface area contributed by atoms with E-state index < -0.39 is 0 Å². The Kier molecular flexibility index (Phi) is 4.29. The molecule has 0 aliphatic rings. The number of nitrogens with one attached hydrogen (secondary N) is 1. The Bertz CT molecular complexity index is 309. The molecule has 2 atom stereocenters. The Morgan fingerprint density at radius 3 is 2.67 bits per heavy atom. The van der Waals surface area contributed by atoms with Gasteiger partial charge in [0.15, 0.2) is 0 Å². The number of aliphatic hydroxyl groups excluding tert-OH is 1. The molecule has 15 heavy (non-hydrogen) atoms. The molecule has 0 saturated heterocycles. The van der Waals surface area contributed by atoms with E-state index in [1.165, 1.54) is 11.3 Å². The van der Waals surface area contributed by atoms with Gasteiger partial charge in [0.05, 0.1) is 6.20 Å². The van der Waals surface area contributed by atoms with Crippen LogP contribution in [0, 0.1) is 6.92 Å². The zero-order chi connectivity index (χ0) is 11.4. The van der Waals surface area contributed by atoms with E-state index in [9.17, 15) is 0 Å². The second kappa shape index (κ2) is 5.28. The molecule has 4 heteroatoms. The first-order valence-corrected chi connectivity index (χ1v) is 5.41. The first kappa shape index (κ1) is 12.2. The lowest BCUT2D eigenvalue weighted by molar-refractivity contribution is 0.264. The fourth-order valence-corrected chi connectivity index (χ4v) is 1.73. The minimum Gasteiger partial charge on any atom is -0.396 e. The van der Waals surface area contributed by atoms with Crippen molar-refractivity contribution in [3.63, 3.8) is 0 Å². The largest absolute Gasteiger partial charge is 0.396 e. The highest BCUT2D eigenvalue weighted by Gasteiger charge is 2.13. The molecule has 1 aromatic rings. The van der Waals surface area contributed by atoms with Gasteiger partial charge in [-0.05, 0) is 27.2 Å². The highest BCUT2D eigenvalue weighted by Crippen LogP contribution is 2.16. The summed E-state index contributed by atoms with van der Waals surface area (Å²) in [6, 6.07) is 0.602. The number of aliphatic hydroxyl groups is 1. The van der Waals surface area contributed by atoms with Crippen molar-refractivity contribution < 1.29 is 5.11 Å². The SMILES string of the molecule is Cc1c(C(C)NC(C)CCO)cnn1C. The van der Waals surface area contributed by atoms with Gasteiger partial charge < -0.3 is 10.4 Å². The van der Waals surface area contributed by atoms with Gasteiger partial charge in [0, 0.05) is 37.0 Å². The number of nitrogens with zero attached hydrogens (tertiary/aromatic N) is 2. The Morgan fingerprint density at radius 2 is 2.20 bits per heavy atom. The zero-order valence-electron chi connectivity index (χ0n) is 9.99. The molecule has 2 N–H and O–H groups in total. The van der Waals surface area contributed by atoms with Crippen molar-refractivity contribution in [1.29, 1.82) is 0 Å². The van der Waals surface area contributed by atoms with Gasteiger partial charge in [-0.3, -0.25) is 4.68 Å². The van der Waals surface area contributed by atoms with E-state index in [1.807, 2.05) is 17.9 Å². The monoisotopic (exact) mass is 211 g/mol. The number of aromatic nitrogens is 2. The van der Waals surface area contributed by atoms with Crippen LogP contribution in [0.4, 0.5) is 0 Å². The van der Waals surface area contributed by atoms with Crippen molar-refractivity contribution in [2.75, 3.05) is 6.61 Å². The molecular formula is C11H21N3O. The van der Waals surface area contributed by atoms with Gasteiger partial charge in [0.2, 0.25) is 0 Å². The van der Waals surface area contributed by atoms with Crippen molar-refractivity contribution in [3.05, 3.63) is 17.5 Å². The smallest absolute Gasteiger partial charge is 0.0540 e. The lowest BCUT2D eigenvalue weighted by Crippen LogP contribution is -2.29. The molecule has 1 aromatic heterocycles. The maximum atomic E-state index is 8.82. The molecule has 1 heterocycles. The number of hydrogen-bond donors (Lipinski definition) is 2. The fourth-order valence-electron chi connectivity index (χ4n) is 1.73. The number of aryl methyl sites for hydroxylation is 1. The van der Waals surface area contributed by atoms with Crippen molar-refractivity contribution in [2.24, 2.45) is 7.05 Å². The highest BCUT2D eigenvalue weighted by molar-refractivity contribution is 5.19. The van der Waals surface area contributed by atoms with Crippen LogP contribution in [0.2, 0.25) is 0 Å². The van der Waals surface area contributed by atoms with Crippen LogP contribution in [0.15, 0.2) is 6.20 Å². The summed E-state index contributed by atoms with van der Waals surface area (Å²) in [5.41, 5.74) is 2.41. The molecule has 0 spiro atoms. The number of rotatable bonds is 5. The third-order valence-corrected chi connectivity index (χ3v) is 2.84.